The van der Waals surface area contributed by atoms with E-state index in [2.05, 4.69) is 48.0 Å². The van der Waals surface area contributed by atoms with E-state index in [0.717, 1.165) is 17.7 Å². The number of nitrogens with one attached hydrogen (secondary N) is 1. The minimum absolute atomic E-state index is 0.00995. The fourth-order valence-electron chi connectivity index (χ4n) is 3.09. The van der Waals surface area contributed by atoms with Crippen molar-refractivity contribution in [3.8, 4) is 0 Å². The summed E-state index contributed by atoms with van der Waals surface area (Å²) in [5, 5.41) is 3.04. The maximum absolute atomic E-state index is 12.7. The molecule has 0 aliphatic heterocycles. The third-order valence-corrected chi connectivity index (χ3v) is 4.41. The van der Waals surface area contributed by atoms with Crippen molar-refractivity contribution in [1.29, 1.82) is 0 Å². The van der Waals surface area contributed by atoms with Crippen molar-refractivity contribution >= 4 is 11.6 Å². The molecule has 0 saturated heterocycles. The van der Waals surface area contributed by atoms with Gasteiger partial charge in [0.1, 0.15) is 0 Å². The Bertz CT molecular complexity index is 837. The fourth-order valence-corrected chi connectivity index (χ4v) is 3.09. The van der Waals surface area contributed by atoms with E-state index >= 15 is 0 Å². The number of nitrogens with zero attached hydrogens (tertiary/aromatic N) is 1. The van der Waals surface area contributed by atoms with Gasteiger partial charge in [-0.25, -0.2) is 0 Å². The molecule has 128 valence electrons. The third-order valence-electron chi connectivity index (χ3n) is 4.41. The molecule has 0 bridgehead atoms. The summed E-state index contributed by atoms with van der Waals surface area (Å²) in [5.74, 6) is 0.0217. The number of aromatic nitrogens is 1. The van der Waals surface area contributed by atoms with Gasteiger partial charge in [-0.15, -0.1) is 0 Å². The van der Waals surface area contributed by atoms with Gasteiger partial charge in [0.2, 0.25) is 5.91 Å². The first-order valence-electron chi connectivity index (χ1n) is 8.73. The number of aryl methyl sites for hydroxylation is 2. The smallest absolute Gasteiger partial charge is 0.226 e. The van der Waals surface area contributed by atoms with E-state index in [-0.39, 0.29) is 11.9 Å². The van der Waals surface area contributed by atoms with Gasteiger partial charge >= 0.3 is 0 Å². The quantitative estimate of drug-likeness (QED) is 0.679. The topological polar surface area (TPSA) is 34.0 Å². The maximum Gasteiger partial charge on any atom is 0.226 e. The zero-order valence-electron chi connectivity index (χ0n) is 14.8. The van der Waals surface area contributed by atoms with Crippen molar-refractivity contribution in [3.05, 3.63) is 89.7 Å². The second-order valence-corrected chi connectivity index (χ2v) is 6.37. The minimum atomic E-state index is -0.00995. The van der Waals surface area contributed by atoms with E-state index in [1.165, 1.54) is 11.1 Å². The minimum Gasteiger partial charge on any atom is -0.346 e. The summed E-state index contributed by atoms with van der Waals surface area (Å²) < 4.78 is 2.09. The molecule has 25 heavy (non-hydrogen) atoms. The highest BCUT2D eigenvalue weighted by molar-refractivity contribution is 5.91. The maximum atomic E-state index is 12.7. The number of benzene rings is 2. The third kappa shape index (κ3) is 4.38. The highest BCUT2D eigenvalue weighted by Crippen LogP contribution is 2.24. The fraction of sp³-hybridized carbons (Fsp3) is 0.227. The summed E-state index contributed by atoms with van der Waals surface area (Å²) in [4.78, 5) is 12.7. The van der Waals surface area contributed by atoms with E-state index < -0.39 is 0 Å². The Kier molecular flexibility index (Phi) is 5.34. The van der Waals surface area contributed by atoms with Gasteiger partial charge in [0, 0.05) is 18.1 Å². The van der Waals surface area contributed by atoms with Crippen LogP contribution in [0.15, 0.2) is 73.1 Å². The van der Waals surface area contributed by atoms with Crippen LogP contribution in [0.2, 0.25) is 0 Å². The standard InChI is InChI=1S/C22H24N2O/c1-3-18-9-7-11-20(15-18)23-22(25)16-21(24-12-4-5-13-24)19-10-6-8-17(2)14-19/h4-15,21H,3,16H2,1-2H3,(H,23,25)/t21-/m1/s1. The van der Waals surface area contributed by atoms with E-state index in [9.17, 15) is 4.79 Å². The molecular formula is C22H24N2O. The van der Waals surface area contributed by atoms with E-state index in [0.29, 0.717) is 6.42 Å². The van der Waals surface area contributed by atoms with Gasteiger partial charge in [-0.3, -0.25) is 4.79 Å². The van der Waals surface area contributed by atoms with Crippen LogP contribution in [0, 0.1) is 6.92 Å². The predicted molar refractivity (Wildman–Crippen MR) is 103 cm³/mol. The highest BCUT2D eigenvalue weighted by atomic mass is 16.1. The second kappa shape index (κ2) is 7.84. The van der Waals surface area contributed by atoms with Gasteiger partial charge in [-0.05, 0) is 48.7 Å². The normalized spacial score (nSPS) is 11.9. The summed E-state index contributed by atoms with van der Waals surface area (Å²) in [6, 6.07) is 20.4. The lowest BCUT2D eigenvalue weighted by Gasteiger charge is -2.20. The lowest BCUT2D eigenvalue weighted by atomic mass is 10.0. The molecule has 0 saturated carbocycles. The first-order valence-corrected chi connectivity index (χ1v) is 8.73. The van der Waals surface area contributed by atoms with Crippen molar-refractivity contribution in [3.63, 3.8) is 0 Å². The molecule has 0 fully saturated rings. The highest BCUT2D eigenvalue weighted by Gasteiger charge is 2.17. The van der Waals surface area contributed by atoms with Gasteiger partial charge in [0.25, 0.3) is 0 Å². The number of hydrogen-bond acceptors (Lipinski definition) is 1. The molecule has 1 aromatic heterocycles. The Morgan fingerprint density at radius 3 is 2.52 bits per heavy atom. The van der Waals surface area contributed by atoms with Crippen LogP contribution < -0.4 is 5.32 Å². The zero-order valence-corrected chi connectivity index (χ0v) is 14.8. The molecule has 3 aromatic rings. The largest absolute Gasteiger partial charge is 0.346 e. The summed E-state index contributed by atoms with van der Waals surface area (Å²) in [5.41, 5.74) is 4.43. The Morgan fingerprint density at radius 1 is 1.04 bits per heavy atom. The van der Waals surface area contributed by atoms with Crippen molar-refractivity contribution in [2.45, 2.75) is 32.7 Å². The molecule has 0 spiro atoms. The molecule has 1 N–H and O–H groups in total. The molecule has 2 aromatic carbocycles. The second-order valence-electron chi connectivity index (χ2n) is 6.37. The molecule has 0 unspecified atom stereocenters. The SMILES string of the molecule is CCc1cccc(NC(=O)C[C@H](c2cccc(C)c2)n2cccc2)c1. The average Bonchev–Trinajstić information content (AvgIpc) is 3.14. The number of carbonyl (C=O) groups excluding carboxylic acids is 1. The summed E-state index contributed by atoms with van der Waals surface area (Å²) in [6.45, 7) is 4.19. The van der Waals surface area contributed by atoms with Gasteiger partial charge < -0.3 is 9.88 Å². The molecule has 0 aliphatic carbocycles. The molecule has 3 rings (SSSR count). The van der Waals surface area contributed by atoms with Crippen LogP contribution >= 0.6 is 0 Å². The molecule has 0 aliphatic rings. The molecule has 1 atom stereocenters. The number of rotatable bonds is 6. The number of hydrogen-bond donors (Lipinski definition) is 1. The molecule has 0 radical (unpaired) electrons. The van der Waals surface area contributed by atoms with E-state index in [1.807, 2.05) is 48.8 Å². The van der Waals surface area contributed by atoms with Crippen LogP contribution in [0.5, 0.6) is 0 Å². The summed E-state index contributed by atoms with van der Waals surface area (Å²) >= 11 is 0. The Balaban J connectivity index is 1.79. The van der Waals surface area contributed by atoms with Crippen molar-refractivity contribution < 1.29 is 4.79 Å². The van der Waals surface area contributed by atoms with Crippen LogP contribution in [0.1, 0.15) is 36.1 Å². The lowest BCUT2D eigenvalue weighted by Crippen LogP contribution is -2.19. The Hall–Kier alpha value is -2.81. The molecular weight excluding hydrogens is 308 g/mol. The van der Waals surface area contributed by atoms with Gasteiger partial charge in [0.15, 0.2) is 0 Å². The summed E-state index contributed by atoms with van der Waals surface area (Å²) in [6.07, 6.45) is 5.38. The van der Waals surface area contributed by atoms with Crippen molar-refractivity contribution in [1.82, 2.24) is 4.57 Å². The first kappa shape index (κ1) is 17.0. The summed E-state index contributed by atoms with van der Waals surface area (Å²) in [7, 11) is 0. The average molecular weight is 332 g/mol. The number of anilines is 1. The van der Waals surface area contributed by atoms with Gasteiger partial charge in [-0.1, -0.05) is 48.9 Å². The van der Waals surface area contributed by atoms with Crippen molar-refractivity contribution in [2.24, 2.45) is 0 Å². The zero-order chi connectivity index (χ0) is 17.6. The predicted octanol–water partition coefficient (Wildman–Crippen LogP) is 4.98. The van der Waals surface area contributed by atoms with Crippen LogP contribution in [0.4, 0.5) is 5.69 Å². The van der Waals surface area contributed by atoms with E-state index in [1.54, 1.807) is 0 Å². The van der Waals surface area contributed by atoms with Crippen LogP contribution in [0.25, 0.3) is 0 Å². The molecule has 3 nitrogen and oxygen atoms in total. The van der Waals surface area contributed by atoms with Crippen LogP contribution in [-0.4, -0.2) is 10.5 Å². The monoisotopic (exact) mass is 332 g/mol. The Labute approximate surface area is 149 Å². The molecule has 1 amide bonds. The molecule has 3 heteroatoms. The van der Waals surface area contributed by atoms with Crippen LogP contribution in [-0.2, 0) is 11.2 Å². The lowest BCUT2D eigenvalue weighted by molar-refractivity contribution is -0.116. The van der Waals surface area contributed by atoms with Gasteiger partial charge in [-0.2, -0.15) is 0 Å². The van der Waals surface area contributed by atoms with Crippen LogP contribution in [0.3, 0.4) is 0 Å². The number of carbonyl (C=O) groups is 1. The Morgan fingerprint density at radius 2 is 1.80 bits per heavy atom. The van der Waals surface area contributed by atoms with Crippen molar-refractivity contribution in [2.75, 3.05) is 5.32 Å². The first-order chi connectivity index (χ1) is 12.2. The van der Waals surface area contributed by atoms with E-state index in [4.69, 9.17) is 0 Å². The van der Waals surface area contributed by atoms with Gasteiger partial charge in [0.05, 0.1) is 12.5 Å². The number of amides is 1. The molecule has 1 heterocycles.